The molecule has 0 saturated heterocycles. The van der Waals surface area contributed by atoms with Crippen LogP contribution in [0, 0.1) is 0 Å². The Morgan fingerprint density at radius 1 is 1.32 bits per heavy atom. The second-order valence-electron chi connectivity index (χ2n) is 6.04. The van der Waals surface area contributed by atoms with Crippen molar-refractivity contribution in [3.05, 3.63) is 57.1 Å². The molecule has 2 aromatic carbocycles. The minimum atomic E-state index is -1.21. The van der Waals surface area contributed by atoms with Gasteiger partial charge in [0.25, 0.3) is 0 Å². The van der Waals surface area contributed by atoms with Crippen LogP contribution in [0.25, 0.3) is 0 Å². The predicted octanol–water partition coefficient (Wildman–Crippen LogP) is -0.00330. The van der Waals surface area contributed by atoms with Crippen molar-refractivity contribution < 1.29 is 44.2 Å². The summed E-state index contributed by atoms with van der Waals surface area (Å²) in [7, 11) is 0. The van der Waals surface area contributed by atoms with E-state index in [1.54, 1.807) is 12.1 Å². The number of carboxylic acids is 1. The fourth-order valence-corrected chi connectivity index (χ4v) is 4.31. The molecule has 2 aromatic rings. The number of halogens is 2. The Morgan fingerprint density at radius 3 is 2.76 bits per heavy atom. The third kappa shape index (κ3) is 2.94. The van der Waals surface area contributed by atoms with Gasteiger partial charge in [0.1, 0.15) is 17.9 Å². The van der Waals surface area contributed by atoms with Gasteiger partial charge in [-0.3, -0.25) is 0 Å². The summed E-state index contributed by atoms with van der Waals surface area (Å²) in [6.45, 7) is 2.04. The number of hydrogen-bond acceptors (Lipinski definition) is 4. The van der Waals surface area contributed by atoms with Crippen LogP contribution >= 0.6 is 23.2 Å². The van der Waals surface area contributed by atoms with Crippen LogP contribution in [-0.4, -0.2) is 18.1 Å². The van der Waals surface area contributed by atoms with Gasteiger partial charge >= 0.3 is 29.6 Å². The van der Waals surface area contributed by atoms with Crippen molar-refractivity contribution >= 4 is 34.9 Å². The van der Waals surface area contributed by atoms with Crippen LogP contribution in [0.2, 0.25) is 10.0 Å². The van der Waals surface area contributed by atoms with Gasteiger partial charge in [0.2, 0.25) is 0 Å². The average Bonchev–Trinajstić information content (AvgIpc) is 2.92. The molecule has 2 heterocycles. The van der Waals surface area contributed by atoms with E-state index in [1.165, 1.54) is 0 Å². The van der Waals surface area contributed by atoms with E-state index < -0.39 is 18.1 Å². The molecule has 0 fully saturated rings. The van der Waals surface area contributed by atoms with Crippen LogP contribution < -0.4 is 44.7 Å². The van der Waals surface area contributed by atoms with E-state index in [9.17, 15) is 9.90 Å². The molecule has 1 N–H and O–H groups in total. The van der Waals surface area contributed by atoms with E-state index >= 15 is 0 Å². The van der Waals surface area contributed by atoms with Gasteiger partial charge in [-0.25, -0.2) is 0 Å². The number of anilines is 1. The minimum absolute atomic E-state index is 0. The van der Waals surface area contributed by atoms with Crippen LogP contribution in [0.3, 0.4) is 0 Å². The molecule has 3 atom stereocenters. The number of aliphatic carboxylic acids is 1. The molecule has 124 valence electrons. The number of carboxylic acid groups (broad SMARTS) is 1. The fourth-order valence-electron chi connectivity index (χ4n) is 3.70. The maximum atomic E-state index is 11.7. The molecule has 7 heteroatoms. The molecule has 4 nitrogen and oxygen atoms in total. The van der Waals surface area contributed by atoms with E-state index in [-0.39, 0.29) is 35.5 Å². The minimum Gasteiger partial charge on any atom is -0.548 e. The number of para-hydroxylation sites is 1. The van der Waals surface area contributed by atoms with Gasteiger partial charge < -0.3 is 20.0 Å². The maximum Gasteiger partial charge on any atom is 1.00 e. The standard InChI is InChI=1S/C18H15Cl2NO3.Na/c1-2-8-4-3-5-10-13-14-11(20)6-9(19)7-12(14)21-15(18(22)23)17(13)24-16(8)10;/h3-7,13,15,17,21H,2H2,1H3,(H,22,23);/q;+1/p-1. The molecule has 0 aliphatic carbocycles. The molecule has 25 heavy (non-hydrogen) atoms. The smallest absolute Gasteiger partial charge is 0.548 e. The summed E-state index contributed by atoms with van der Waals surface area (Å²) >= 11 is 12.5. The second kappa shape index (κ2) is 7.01. The Bertz CT molecular complexity index is 858. The maximum absolute atomic E-state index is 11.7. The van der Waals surface area contributed by atoms with Crippen LogP contribution in [0.1, 0.15) is 29.5 Å². The van der Waals surface area contributed by atoms with Crippen molar-refractivity contribution in [1.82, 2.24) is 0 Å². The largest absolute Gasteiger partial charge is 1.00 e. The third-order valence-electron chi connectivity index (χ3n) is 4.72. The number of fused-ring (bicyclic) bond motifs is 5. The van der Waals surface area contributed by atoms with E-state index in [1.807, 2.05) is 25.1 Å². The normalized spacial score (nSPS) is 22.6. The number of carbonyl (C=O) groups is 1. The monoisotopic (exact) mass is 385 g/mol. The summed E-state index contributed by atoms with van der Waals surface area (Å²) in [4.78, 5) is 11.7. The molecule has 2 aliphatic heterocycles. The van der Waals surface area contributed by atoms with Crippen LogP contribution in [0.4, 0.5) is 5.69 Å². The van der Waals surface area contributed by atoms with Crippen molar-refractivity contribution in [3.63, 3.8) is 0 Å². The zero-order valence-electron chi connectivity index (χ0n) is 13.8. The first kappa shape index (κ1) is 18.9. The van der Waals surface area contributed by atoms with Crippen LogP contribution in [0.15, 0.2) is 30.3 Å². The van der Waals surface area contributed by atoms with E-state index in [0.29, 0.717) is 15.7 Å². The Hall–Kier alpha value is -0.910. The second-order valence-corrected chi connectivity index (χ2v) is 6.88. The van der Waals surface area contributed by atoms with Gasteiger partial charge in [0, 0.05) is 26.9 Å². The Balaban J connectivity index is 0.00000182. The molecule has 0 radical (unpaired) electrons. The van der Waals surface area contributed by atoms with Crippen molar-refractivity contribution in [2.75, 3.05) is 5.32 Å². The fraction of sp³-hybridized carbons (Fsp3) is 0.278. The number of ether oxygens (including phenoxy) is 1. The molecule has 0 saturated carbocycles. The third-order valence-corrected chi connectivity index (χ3v) is 5.26. The molecular formula is C18H14Cl2NNaO3. The molecule has 4 rings (SSSR count). The zero-order valence-corrected chi connectivity index (χ0v) is 17.3. The van der Waals surface area contributed by atoms with E-state index in [0.717, 1.165) is 28.9 Å². The Morgan fingerprint density at radius 2 is 2.08 bits per heavy atom. The number of hydrogen-bond donors (Lipinski definition) is 1. The van der Waals surface area contributed by atoms with Crippen LogP contribution in [-0.2, 0) is 11.2 Å². The molecular weight excluding hydrogens is 372 g/mol. The molecule has 2 aliphatic rings. The van der Waals surface area contributed by atoms with Crippen LogP contribution in [0.5, 0.6) is 5.75 Å². The number of benzene rings is 2. The number of rotatable bonds is 2. The van der Waals surface area contributed by atoms with Crippen molar-refractivity contribution in [2.45, 2.75) is 31.4 Å². The van der Waals surface area contributed by atoms with Gasteiger partial charge in [-0.15, -0.1) is 0 Å². The van der Waals surface area contributed by atoms with Gasteiger partial charge in [0.15, 0.2) is 0 Å². The predicted molar refractivity (Wildman–Crippen MR) is 91.0 cm³/mol. The number of aryl methyl sites for hydroxylation is 1. The van der Waals surface area contributed by atoms with Crippen molar-refractivity contribution in [3.8, 4) is 5.75 Å². The van der Waals surface area contributed by atoms with Gasteiger partial charge in [-0.05, 0) is 24.1 Å². The van der Waals surface area contributed by atoms with E-state index in [4.69, 9.17) is 27.9 Å². The molecule has 0 aromatic heterocycles. The summed E-state index contributed by atoms with van der Waals surface area (Å²) in [6.07, 6.45) is 0.191. The van der Waals surface area contributed by atoms with Gasteiger partial charge in [-0.1, -0.05) is 48.3 Å². The van der Waals surface area contributed by atoms with Gasteiger partial charge in [0.05, 0.1) is 11.9 Å². The van der Waals surface area contributed by atoms with Crippen molar-refractivity contribution in [2.24, 2.45) is 0 Å². The molecule has 3 unspecified atom stereocenters. The van der Waals surface area contributed by atoms with E-state index in [2.05, 4.69) is 5.32 Å². The summed E-state index contributed by atoms with van der Waals surface area (Å²) < 4.78 is 6.07. The summed E-state index contributed by atoms with van der Waals surface area (Å²) in [5.74, 6) is -0.727. The first-order chi connectivity index (χ1) is 11.5. The summed E-state index contributed by atoms with van der Waals surface area (Å²) in [5, 5.41) is 15.6. The Labute approximate surface area is 177 Å². The average molecular weight is 386 g/mol. The molecule has 0 spiro atoms. The topological polar surface area (TPSA) is 61.4 Å². The van der Waals surface area contributed by atoms with Gasteiger partial charge in [-0.2, -0.15) is 0 Å². The molecule has 0 bridgehead atoms. The zero-order chi connectivity index (χ0) is 17.0. The van der Waals surface area contributed by atoms with Crippen molar-refractivity contribution in [1.29, 1.82) is 0 Å². The SMILES string of the molecule is CCc1cccc2c1OC1C(C(=O)[O-])Nc3cc(Cl)cc(Cl)c3C21.[Na+]. The quantitative estimate of drug-likeness (QED) is 0.739. The molecule has 0 amide bonds. The number of carbonyl (C=O) groups excluding carboxylic acids is 1. The number of nitrogens with one attached hydrogen (secondary N) is 1. The Kier molecular flexibility index (Phi) is 5.29. The summed E-state index contributed by atoms with van der Waals surface area (Å²) in [6, 6.07) is 8.29. The first-order valence-corrected chi connectivity index (χ1v) is 8.51. The summed E-state index contributed by atoms with van der Waals surface area (Å²) in [5.41, 5.74) is 3.43. The first-order valence-electron chi connectivity index (χ1n) is 7.76.